The summed E-state index contributed by atoms with van der Waals surface area (Å²) in [6.45, 7) is 2.67. The quantitative estimate of drug-likeness (QED) is 0.650. The van der Waals surface area contributed by atoms with Crippen molar-refractivity contribution in [1.82, 2.24) is 15.5 Å². The van der Waals surface area contributed by atoms with Crippen LogP contribution in [0, 0.1) is 5.82 Å². The number of nitrogens with zero attached hydrogens (tertiary/aromatic N) is 1. The van der Waals surface area contributed by atoms with Crippen molar-refractivity contribution in [3.05, 3.63) is 35.6 Å². The first kappa shape index (κ1) is 19.6. The van der Waals surface area contributed by atoms with E-state index in [9.17, 15) is 14.0 Å². The molecule has 0 aromatic heterocycles. The van der Waals surface area contributed by atoms with Gasteiger partial charge in [0, 0.05) is 17.6 Å². The average Bonchev–Trinajstić information content (AvgIpc) is 2.53. The van der Waals surface area contributed by atoms with E-state index in [1.54, 1.807) is 6.07 Å². The molecule has 2 aliphatic carbocycles. The Kier molecular flexibility index (Phi) is 5.99. The van der Waals surface area contributed by atoms with Gasteiger partial charge in [-0.05, 0) is 62.8 Å². The van der Waals surface area contributed by atoms with Crippen LogP contribution >= 0.6 is 0 Å². The number of nitrogens with one attached hydrogen (secondary N) is 2. The van der Waals surface area contributed by atoms with Crippen LogP contribution in [0.1, 0.15) is 44.6 Å². The normalized spacial score (nSPS) is 23.2. The summed E-state index contributed by atoms with van der Waals surface area (Å²) < 4.78 is 13.4. The summed E-state index contributed by atoms with van der Waals surface area (Å²) in [6.07, 6.45) is 5.02. The molecule has 0 atom stereocenters. The Bertz CT molecular complexity index is 687. The molecule has 0 saturated heterocycles. The lowest BCUT2D eigenvalue weighted by atomic mass is 9.73. The second-order valence-electron chi connectivity index (χ2n) is 7.82. The Hall–Kier alpha value is -2.15. The SMILES string of the molecule is CCN(CC(=O)O)C1CC(NC(=O)NC2(Cc3cccc(F)c3)CCC2)C1. The van der Waals surface area contributed by atoms with Crippen LogP contribution < -0.4 is 10.6 Å². The predicted octanol–water partition coefficient (Wildman–Crippen LogP) is 2.53. The molecule has 1 aromatic rings. The minimum absolute atomic E-state index is 0.0385. The summed E-state index contributed by atoms with van der Waals surface area (Å²) in [7, 11) is 0. The first-order chi connectivity index (χ1) is 12.9. The molecule has 1 aromatic carbocycles. The van der Waals surface area contributed by atoms with E-state index >= 15 is 0 Å². The van der Waals surface area contributed by atoms with E-state index < -0.39 is 5.97 Å². The largest absolute Gasteiger partial charge is 0.480 e. The highest BCUT2D eigenvalue weighted by Gasteiger charge is 2.40. The van der Waals surface area contributed by atoms with Crippen molar-refractivity contribution >= 4 is 12.0 Å². The highest BCUT2D eigenvalue weighted by Crippen LogP contribution is 2.35. The van der Waals surface area contributed by atoms with Gasteiger partial charge >= 0.3 is 12.0 Å². The van der Waals surface area contributed by atoms with Crippen LogP contribution in [0.25, 0.3) is 0 Å². The van der Waals surface area contributed by atoms with Gasteiger partial charge in [-0.1, -0.05) is 19.1 Å². The zero-order valence-electron chi connectivity index (χ0n) is 15.7. The summed E-state index contributed by atoms with van der Waals surface area (Å²) in [5, 5.41) is 15.1. The lowest BCUT2D eigenvalue weighted by Crippen LogP contribution is -2.61. The van der Waals surface area contributed by atoms with Gasteiger partial charge in [-0.25, -0.2) is 9.18 Å². The molecule has 0 aliphatic heterocycles. The molecule has 27 heavy (non-hydrogen) atoms. The van der Waals surface area contributed by atoms with E-state index in [0.29, 0.717) is 13.0 Å². The Balaban J connectivity index is 1.47. The first-order valence-electron chi connectivity index (χ1n) is 9.68. The summed E-state index contributed by atoms with van der Waals surface area (Å²) in [6, 6.07) is 6.64. The lowest BCUT2D eigenvalue weighted by molar-refractivity contribution is -0.139. The molecule has 148 valence electrons. The van der Waals surface area contributed by atoms with Gasteiger partial charge in [0.25, 0.3) is 0 Å². The van der Waals surface area contributed by atoms with Gasteiger partial charge in [0.2, 0.25) is 0 Å². The molecule has 7 heteroatoms. The van der Waals surface area contributed by atoms with Gasteiger partial charge in [-0.3, -0.25) is 9.69 Å². The standard InChI is InChI=1S/C20H28FN3O3/c1-2-24(13-18(25)26)17-10-16(11-17)22-19(27)23-20(7-4-8-20)12-14-5-3-6-15(21)9-14/h3,5-6,9,16-17H,2,4,7-8,10-13H2,1H3,(H,25,26)(H2,22,23,27). The number of carbonyl (C=O) groups is 2. The first-order valence-corrected chi connectivity index (χ1v) is 9.68. The monoisotopic (exact) mass is 377 g/mol. The van der Waals surface area contributed by atoms with E-state index in [-0.39, 0.29) is 36.0 Å². The molecule has 2 saturated carbocycles. The molecular formula is C20H28FN3O3. The highest BCUT2D eigenvalue weighted by atomic mass is 19.1. The molecule has 2 amide bonds. The zero-order chi connectivity index (χ0) is 19.4. The molecule has 0 spiro atoms. The Morgan fingerprint density at radius 2 is 2.07 bits per heavy atom. The third kappa shape index (κ3) is 4.97. The van der Waals surface area contributed by atoms with Crippen LogP contribution in [0.15, 0.2) is 24.3 Å². The molecule has 2 aliphatic rings. The van der Waals surface area contributed by atoms with E-state index in [0.717, 1.165) is 37.7 Å². The smallest absolute Gasteiger partial charge is 0.317 e. The number of carboxylic acids is 1. The summed E-state index contributed by atoms with van der Waals surface area (Å²) in [5.74, 6) is -1.08. The number of halogens is 1. The van der Waals surface area contributed by atoms with Gasteiger partial charge in [0.05, 0.1) is 6.54 Å². The number of benzene rings is 1. The lowest BCUT2D eigenvalue weighted by Gasteiger charge is -2.45. The van der Waals surface area contributed by atoms with Crippen LogP contribution in [0.3, 0.4) is 0 Å². The van der Waals surface area contributed by atoms with Gasteiger partial charge in [-0.2, -0.15) is 0 Å². The molecular weight excluding hydrogens is 349 g/mol. The van der Waals surface area contributed by atoms with Gasteiger partial charge in [0.1, 0.15) is 5.82 Å². The van der Waals surface area contributed by atoms with Crippen LogP contribution in [-0.4, -0.2) is 52.7 Å². The fourth-order valence-electron chi connectivity index (χ4n) is 4.13. The molecule has 3 N–H and O–H groups in total. The van der Waals surface area contributed by atoms with Crippen molar-refractivity contribution in [1.29, 1.82) is 0 Å². The summed E-state index contributed by atoms with van der Waals surface area (Å²) in [4.78, 5) is 25.3. The number of carbonyl (C=O) groups excluding carboxylic acids is 1. The molecule has 0 bridgehead atoms. The predicted molar refractivity (Wildman–Crippen MR) is 100 cm³/mol. The number of amides is 2. The number of carboxylic acid groups (broad SMARTS) is 1. The van der Waals surface area contributed by atoms with Crippen molar-refractivity contribution < 1.29 is 19.1 Å². The van der Waals surface area contributed by atoms with Crippen LogP contribution in [-0.2, 0) is 11.2 Å². The van der Waals surface area contributed by atoms with Gasteiger partial charge < -0.3 is 15.7 Å². The summed E-state index contributed by atoms with van der Waals surface area (Å²) in [5.41, 5.74) is 0.603. The maximum absolute atomic E-state index is 13.4. The zero-order valence-corrected chi connectivity index (χ0v) is 15.7. The van der Waals surface area contributed by atoms with Crippen molar-refractivity contribution in [2.75, 3.05) is 13.1 Å². The Morgan fingerprint density at radius 1 is 1.33 bits per heavy atom. The van der Waals surface area contributed by atoms with Crippen LogP contribution in [0.2, 0.25) is 0 Å². The Morgan fingerprint density at radius 3 is 2.63 bits per heavy atom. The van der Waals surface area contributed by atoms with Crippen molar-refractivity contribution in [3.8, 4) is 0 Å². The highest BCUT2D eigenvalue weighted by molar-refractivity contribution is 5.75. The molecule has 0 unspecified atom stereocenters. The fraction of sp³-hybridized carbons (Fsp3) is 0.600. The summed E-state index contributed by atoms with van der Waals surface area (Å²) >= 11 is 0. The topological polar surface area (TPSA) is 81.7 Å². The third-order valence-electron chi connectivity index (χ3n) is 5.83. The number of hydrogen-bond donors (Lipinski definition) is 3. The van der Waals surface area contributed by atoms with Crippen molar-refractivity contribution in [2.24, 2.45) is 0 Å². The third-order valence-corrected chi connectivity index (χ3v) is 5.83. The van der Waals surface area contributed by atoms with Crippen molar-refractivity contribution in [3.63, 3.8) is 0 Å². The van der Waals surface area contributed by atoms with Gasteiger partial charge in [0.15, 0.2) is 0 Å². The molecule has 0 radical (unpaired) electrons. The maximum atomic E-state index is 13.4. The molecule has 0 heterocycles. The van der Waals surface area contributed by atoms with E-state index in [1.807, 2.05) is 17.9 Å². The number of rotatable bonds is 8. The molecule has 6 nitrogen and oxygen atoms in total. The number of aliphatic carboxylic acids is 1. The molecule has 3 rings (SSSR count). The van der Waals surface area contributed by atoms with Gasteiger partial charge in [-0.15, -0.1) is 0 Å². The maximum Gasteiger partial charge on any atom is 0.317 e. The average molecular weight is 377 g/mol. The number of urea groups is 1. The minimum Gasteiger partial charge on any atom is -0.480 e. The second-order valence-corrected chi connectivity index (χ2v) is 7.82. The van der Waals surface area contributed by atoms with E-state index in [2.05, 4.69) is 10.6 Å². The minimum atomic E-state index is -0.824. The van der Waals surface area contributed by atoms with Crippen molar-refractivity contribution in [2.45, 2.75) is 63.1 Å². The van der Waals surface area contributed by atoms with E-state index in [4.69, 9.17) is 5.11 Å². The second kappa shape index (κ2) is 8.25. The van der Waals surface area contributed by atoms with Crippen LogP contribution in [0.4, 0.5) is 9.18 Å². The number of hydrogen-bond acceptors (Lipinski definition) is 3. The fourth-order valence-corrected chi connectivity index (χ4v) is 4.13. The number of likely N-dealkylation sites (N-methyl/N-ethyl adjacent to an activating group) is 1. The van der Waals surface area contributed by atoms with E-state index in [1.165, 1.54) is 12.1 Å². The van der Waals surface area contributed by atoms with Crippen LogP contribution in [0.5, 0.6) is 0 Å². The molecule has 2 fully saturated rings. The Labute approximate surface area is 159 Å².